The predicted molar refractivity (Wildman–Crippen MR) is 91.5 cm³/mol. The quantitative estimate of drug-likeness (QED) is 0.929. The first-order valence-corrected chi connectivity index (χ1v) is 8.90. The van der Waals surface area contributed by atoms with Gasteiger partial charge in [0.15, 0.2) is 0 Å². The van der Waals surface area contributed by atoms with E-state index in [9.17, 15) is 0 Å². The maximum absolute atomic E-state index is 5.52. The molecule has 1 unspecified atom stereocenters. The van der Waals surface area contributed by atoms with Gasteiger partial charge in [0, 0.05) is 25.2 Å². The van der Waals surface area contributed by atoms with Gasteiger partial charge in [-0.1, -0.05) is 18.1 Å². The van der Waals surface area contributed by atoms with Crippen LogP contribution in [0.4, 0.5) is 0 Å². The van der Waals surface area contributed by atoms with E-state index in [1.807, 2.05) is 18.2 Å². The molecule has 0 amide bonds. The summed E-state index contributed by atoms with van der Waals surface area (Å²) >= 11 is 0. The fourth-order valence-corrected chi connectivity index (χ4v) is 3.88. The Balaban J connectivity index is 1.35. The normalized spacial score (nSPS) is 26.0. The fraction of sp³-hybridized carbons (Fsp3) is 0.611. The molecule has 2 aromatic heterocycles. The zero-order valence-electron chi connectivity index (χ0n) is 14.2. The number of hydrogen-bond acceptors (Lipinski definition) is 6. The average molecular weight is 327 g/mol. The molecule has 4 rings (SSSR count). The molecule has 0 aliphatic carbocycles. The number of hydrogen-bond donors (Lipinski definition) is 1. The van der Waals surface area contributed by atoms with Gasteiger partial charge in [-0.15, -0.1) is 0 Å². The molecule has 0 aromatic carbocycles. The molecule has 1 N–H and O–H groups in total. The van der Waals surface area contributed by atoms with E-state index in [1.54, 1.807) is 6.20 Å². The SMILES string of the molecule is CC1(CN2CCC(c3nc(-c4ccccn4)no3)CC2)CCNC1. The summed E-state index contributed by atoms with van der Waals surface area (Å²) in [5.41, 5.74) is 1.20. The van der Waals surface area contributed by atoms with Crippen LogP contribution in [0.1, 0.15) is 38.0 Å². The number of aromatic nitrogens is 3. The monoisotopic (exact) mass is 327 g/mol. The van der Waals surface area contributed by atoms with Gasteiger partial charge in [0.25, 0.3) is 0 Å². The van der Waals surface area contributed by atoms with E-state index in [-0.39, 0.29) is 0 Å². The summed E-state index contributed by atoms with van der Waals surface area (Å²) in [4.78, 5) is 11.5. The van der Waals surface area contributed by atoms with Crippen molar-refractivity contribution >= 4 is 0 Å². The second-order valence-corrected chi connectivity index (χ2v) is 7.46. The van der Waals surface area contributed by atoms with Crippen molar-refractivity contribution in [2.75, 3.05) is 32.7 Å². The smallest absolute Gasteiger partial charge is 0.230 e. The highest BCUT2D eigenvalue weighted by molar-refractivity contribution is 5.47. The van der Waals surface area contributed by atoms with Crippen LogP contribution >= 0.6 is 0 Å². The molecule has 0 spiro atoms. The Kier molecular flexibility index (Phi) is 4.33. The van der Waals surface area contributed by atoms with Crippen molar-refractivity contribution in [2.24, 2.45) is 5.41 Å². The van der Waals surface area contributed by atoms with Crippen LogP contribution in [0.2, 0.25) is 0 Å². The van der Waals surface area contributed by atoms with Gasteiger partial charge in [-0.2, -0.15) is 4.98 Å². The number of nitrogens with zero attached hydrogens (tertiary/aromatic N) is 4. The lowest BCUT2D eigenvalue weighted by atomic mass is 9.87. The average Bonchev–Trinajstić information content (AvgIpc) is 3.26. The molecule has 4 heterocycles. The third-order valence-corrected chi connectivity index (χ3v) is 5.33. The molecule has 0 saturated carbocycles. The van der Waals surface area contributed by atoms with Crippen LogP contribution in [0.3, 0.4) is 0 Å². The maximum Gasteiger partial charge on any atom is 0.230 e. The molecular formula is C18H25N5O. The van der Waals surface area contributed by atoms with Crippen LogP contribution in [0.15, 0.2) is 28.9 Å². The molecule has 6 heteroatoms. The summed E-state index contributed by atoms with van der Waals surface area (Å²) in [5, 5.41) is 7.59. The van der Waals surface area contributed by atoms with Crippen molar-refractivity contribution in [3.05, 3.63) is 30.3 Å². The third kappa shape index (κ3) is 3.35. The standard InChI is InChI=1S/C18H25N5O/c1-18(7-9-19-12-18)13-23-10-5-14(6-11-23)17-21-16(22-24-17)15-4-2-3-8-20-15/h2-4,8,14,19H,5-7,9-13H2,1H3. The van der Waals surface area contributed by atoms with Gasteiger partial charge in [-0.05, 0) is 56.4 Å². The van der Waals surface area contributed by atoms with Crippen LogP contribution in [0.25, 0.3) is 11.5 Å². The van der Waals surface area contributed by atoms with Crippen molar-refractivity contribution in [1.82, 2.24) is 25.3 Å². The Labute approximate surface area is 142 Å². The van der Waals surface area contributed by atoms with Crippen LogP contribution in [-0.2, 0) is 0 Å². The summed E-state index contributed by atoms with van der Waals surface area (Å²) < 4.78 is 5.52. The van der Waals surface area contributed by atoms with Gasteiger partial charge in [0.2, 0.25) is 11.7 Å². The number of rotatable bonds is 4. The number of likely N-dealkylation sites (tertiary alicyclic amines) is 1. The molecule has 0 radical (unpaired) electrons. The molecule has 6 nitrogen and oxygen atoms in total. The molecule has 0 bridgehead atoms. The fourth-order valence-electron chi connectivity index (χ4n) is 3.88. The van der Waals surface area contributed by atoms with E-state index in [4.69, 9.17) is 4.52 Å². The van der Waals surface area contributed by atoms with Crippen molar-refractivity contribution in [3.63, 3.8) is 0 Å². The van der Waals surface area contributed by atoms with E-state index in [0.717, 1.165) is 50.6 Å². The Bertz CT molecular complexity index is 657. The van der Waals surface area contributed by atoms with Gasteiger partial charge >= 0.3 is 0 Å². The summed E-state index contributed by atoms with van der Waals surface area (Å²) in [7, 11) is 0. The van der Waals surface area contributed by atoms with Gasteiger partial charge in [-0.25, -0.2) is 0 Å². The van der Waals surface area contributed by atoms with E-state index >= 15 is 0 Å². The summed E-state index contributed by atoms with van der Waals surface area (Å²) in [6.07, 6.45) is 5.22. The minimum absolute atomic E-state index is 0.376. The molecule has 2 aliphatic rings. The zero-order valence-corrected chi connectivity index (χ0v) is 14.2. The lowest BCUT2D eigenvalue weighted by Crippen LogP contribution is -2.41. The van der Waals surface area contributed by atoms with E-state index in [0.29, 0.717) is 17.2 Å². The molecule has 1 atom stereocenters. The highest BCUT2D eigenvalue weighted by Gasteiger charge is 2.33. The first-order valence-electron chi connectivity index (χ1n) is 8.90. The van der Waals surface area contributed by atoms with Gasteiger partial charge in [-0.3, -0.25) is 4.98 Å². The minimum atomic E-state index is 0.376. The Hall–Kier alpha value is -1.79. The first kappa shape index (κ1) is 15.7. The van der Waals surface area contributed by atoms with Crippen LogP contribution in [0.5, 0.6) is 0 Å². The van der Waals surface area contributed by atoms with Crippen molar-refractivity contribution in [3.8, 4) is 11.5 Å². The summed E-state index contributed by atoms with van der Waals surface area (Å²) in [5.74, 6) is 1.74. The molecule has 128 valence electrons. The Morgan fingerprint density at radius 2 is 2.21 bits per heavy atom. The zero-order chi connectivity index (χ0) is 16.4. The maximum atomic E-state index is 5.52. The predicted octanol–water partition coefficient (Wildman–Crippen LogP) is 2.31. The second-order valence-electron chi connectivity index (χ2n) is 7.46. The number of piperidine rings is 1. The lowest BCUT2D eigenvalue weighted by molar-refractivity contribution is 0.136. The van der Waals surface area contributed by atoms with E-state index in [2.05, 4.69) is 32.3 Å². The largest absolute Gasteiger partial charge is 0.339 e. The highest BCUT2D eigenvalue weighted by atomic mass is 16.5. The van der Waals surface area contributed by atoms with E-state index < -0.39 is 0 Å². The van der Waals surface area contributed by atoms with Crippen LogP contribution in [-0.4, -0.2) is 52.7 Å². The lowest BCUT2D eigenvalue weighted by Gasteiger charge is -2.36. The third-order valence-electron chi connectivity index (χ3n) is 5.33. The van der Waals surface area contributed by atoms with Crippen LogP contribution < -0.4 is 5.32 Å². The molecule has 2 aromatic rings. The molecule has 24 heavy (non-hydrogen) atoms. The van der Waals surface area contributed by atoms with Gasteiger partial charge < -0.3 is 14.7 Å². The van der Waals surface area contributed by atoms with Crippen molar-refractivity contribution in [2.45, 2.75) is 32.1 Å². The molecule has 2 fully saturated rings. The minimum Gasteiger partial charge on any atom is -0.339 e. The van der Waals surface area contributed by atoms with Gasteiger partial charge in [0.05, 0.1) is 0 Å². The highest BCUT2D eigenvalue weighted by Crippen LogP contribution is 2.31. The van der Waals surface area contributed by atoms with Gasteiger partial charge in [0.1, 0.15) is 5.69 Å². The number of nitrogens with one attached hydrogen (secondary N) is 1. The van der Waals surface area contributed by atoms with Crippen molar-refractivity contribution < 1.29 is 4.52 Å². The number of pyridine rings is 1. The first-order chi connectivity index (χ1) is 11.7. The van der Waals surface area contributed by atoms with E-state index in [1.165, 1.54) is 13.0 Å². The topological polar surface area (TPSA) is 67.1 Å². The Morgan fingerprint density at radius 1 is 1.33 bits per heavy atom. The second kappa shape index (κ2) is 6.61. The Morgan fingerprint density at radius 3 is 2.92 bits per heavy atom. The van der Waals surface area contributed by atoms with Crippen LogP contribution in [0, 0.1) is 5.41 Å². The summed E-state index contributed by atoms with van der Waals surface area (Å²) in [6.45, 7) is 8.12. The molecule has 2 aliphatic heterocycles. The summed E-state index contributed by atoms with van der Waals surface area (Å²) in [6, 6.07) is 5.74. The molecular weight excluding hydrogens is 302 g/mol. The molecule has 2 saturated heterocycles. The van der Waals surface area contributed by atoms with Crippen molar-refractivity contribution in [1.29, 1.82) is 0 Å².